The van der Waals surface area contributed by atoms with Gasteiger partial charge in [0, 0.05) is 6.54 Å². The van der Waals surface area contributed by atoms with Crippen LogP contribution in [0.4, 0.5) is 4.39 Å². The third-order valence-corrected chi connectivity index (χ3v) is 3.33. The van der Waals surface area contributed by atoms with Crippen LogP contribution in [0.5, 0.6) is 0 Å². The van der Waals surface area contributed by atoms with E-state index in [-0.39, 0.29) is 11.9 Å². The molecule has 0 aliphatic rings. The van der Waals surface area contributed by atoms with E-state index in [9.17, 15) is 4.39 Å². The van der Waals surface area contributed by atoms with E-state index in [2.05, 4.69) is 4.98 Å². The summed E-state index contributed by atoms with van der Waals surface area (Å²) in [6, 6.07) is 14.5. The molecule has 2 N–H and O–H groups in total. The summed E-state index contributed by atoms with van der Waals surface area (Å²) in [4.78, 5) is 4.52. The van der Waals surface area contributed by atoms with E-state index in [1.54, 1.807) is 6.07 Å². The zero-order valence-corrected chi connectivity index (χ0v) is 11.3. The van der Waals surface area contributed by atoms with Crippen LogP contribution in [0.1, 0.15) is 24.4 Å². The summed E-state index contributed by atoms with van der Waals surface area (Å²) in [6.45, 7) is 2.52. The number of rotatable bonds is 3. The molecule has 0 saturated heterocycles. The summed E-state index contributed by atoms with van der Waals surface area (Å²) in [7, 11) is 0. The molecule has 3 rings (SSSR count). The van der Waals surface area contributed by atoms with Crippen molar-refractivity contribution in [3.63, 3.8) is 0 Å². The van der Waals surface area contributed by atoms with Crippen LogP contribution < -0.4 is 5.73 Å². The maximum Gasteiger partial charge on any atom is 0.126 e. The van der Waals surface area contributed by atoms with Crippen LogP contribution in [0.25, 0.3) is 11.0 Å². The molecule has 102 valence electrons. The minimum atomic E-state index is -0.261. The SMILES string of the molecule is C[C@H](N)c1nc2ccc(F)cc2n1Cc1ccccc1. The Hall–Kier alpha value is -2.20. The molecule has 2 aromatic carbocycles. The number of halogens is 1. The van der Waals surface area contributed by atoms with Gasteiger partial charge in [-0.2, -0.15) is 0 Å². The van der Waals surface area contributed by atoms with E-state index >= 15 is 0 Å². The van der Waals surface area contributed by atoms with Gasteiger partial charge in [0.2, 0.25) is 0 Å². The van der Waals surface area contributed by atoms with Crippen molar-refractivity contribution in [3.05, 3.63) is 65.7 Å². The van der Waals surface area contributed by atoms with Gasteiger partial charge in [0.05, 0.1) is 17.1 Å². The van der Waals surface area contributed by atoms with Crippen LogP contribution in [-0.4, -0.2) is 9.55 Å². The zero-order valence-electron chi connectivity index (χ0n) is 11.3. The highest BCUT2D eigenvalue weighted by molar-refractivity contribution is 5.76. The lowest BCUT2D eigenvalue weighted by Crippen LogP contribution is -2.14. The number of nitrogens with two attached hydrogens (primary N) is 1. The van der Waals surface area contributed by atoms with Crippen LogP contribution in [0.15, 0.2) is 48.5 Å². The second-order valence-electron chi connectivity index (χ2n) is 4.96. The molecule has 0 fully saturated rings. The summed E-state index contributed by atoms with van der Waals surface area (Å²) in [6.07, 6.45) is 0. The lowest BCUT2D eigenvalue weighted by Gasteiger charge is -2.11. The summed E-state index contributed by atoms with van der Waals surface area (Å²) >= 11 is 0. The Bertz CT molecular complexity index is 732. The third kappa shape index (κ3) is 2.30. The number of hydrogen-bond acceptors (Lipinski definition) is 2. The lowest BCUT2D eigenvalue weighted by molar-refractivity contribution is 0.626. The maximum atomic E-state index is 13.5. The van der Waals surface area contributed by atoms with Gasteiger partial charge >= 0.3 is 0 Å². The third-order valence-electron chi connectivity index (χ3n) is 3.33. The average molecular weight is 269 g/mol. The molecule has 0 saturated carbocycles. The second-order valence-corrected chi connectivity index (χ2v) is 4.96. The minimum absolute atomic E-state index is 0.200. The average Bonchev–Trinajstić information content (AvgIpc) is 2.78. The van der Waals surface area contributed by atoms with E-state index in [1.807, 2.05) is 41.8 Å². The number of benzene rings is 2. The molecule has 0 radical (unpaired) electrons. The van der Waals surface area contributed by atoms with E-state index in [1.165, 1.54) is 12.1 Å². The summed E-state index contributed by atoms with van der Waals surface area (Å²) in [5.41, 5.74) is 8.68. The molecule has 1 heterocycles. The van der Waals surface area contributed by atoms with Gasteiger partial charge in [0.25, 0.3) is 0 Å². The smallest absolute Gasteiger partial charge is 0.126 e. The molecule has 3 nitrogen and oxygen atoms in total. The summed E-state index contributed by atoms with van der Waals surface area (Å²) in [5, 5.41) is 0. The Morgan fingerprint density at radius 2 is 1.95 bits per heavy atom. The van der Waals surface area contributed by atoms with Gasteiger partial charge in [-0.1, -0.05) is 30.3 Å². The van der Waals surface area contributed by atoms with Crippen molar-refractivity contribution in [1.29, 1.82) is 0 Å². The Morgan fingerprint density at radius 3 is 2.65 bits per heavy atom. The number of aromatic nitrogens is 2. The Morgan fingerprint density at radius 1 is 1.20 bits per heavy atom. The standard InChI is InChI=1S/C16H16FN3/c1-11(18)16-19-14-8-7-13(17)9-15(14)20(16)10-12-5-3-2-4-6-12/h2-9,11H,10,18H2,1H3/t11-/m0/s1. The first-order valence-electron chi connectivity index (χ1n) is 6.60. The fourth-order valence-corrected chi connectivity index (χ4v) is 2.39. The van der Waals surface area contributed by atoms with Crippen molar-refractivity contribution in [1.82, 2.24) is 9.55 Å². The van der Waals surface area contributed by atoms with E-state index in [0.717, 1.165) is 22.4 Å². The van der Waals surface area contributed by atoms with E-state index in [0.29, 0.717) is 6.54 Å². The highest BCUT2D eigenvalue weighted by Gasteiger charge is 2.14. The first-order chi connectivity index (χ1) is 9.65. The molecule has 4 heteroatoms. The number of nitrogens with zero attached hydrogens (tertiary/aromatic N) is 2. The molecule has 0 aliphatic carbocycles. The number of hydrogen-bond donors (Lipinski definition) is 1. The van der Waals surface area contributed by atoms with Crippen molar-refractivity contribution in [2.24, 2.45) is 5.73 Å². The molecule has 0 aliphatic heterocycles. The molecular formula is C16H16FN3. The Balaban J connectivity index is 2.15. The van der Waals surface area contributed by atoms with Crippen molar-refractivity contribution in [3.8, 4) is 0 Å². The van der Waals surface area contributed by atoms with E-state index < -0.39 is 0 Å². The van der Waals surface area contributed by atoms with Gasteiger partial charge in [-0.25, -0.2) is 9.37 Å². The van der Waals surface area contributed by atoms with Gasteiger partial charge in [-0.15, -0.1) is 0 Å². The number of fused-ring (bicyclic) bond motifs is 1. The first kappa shape index (κ1) is 12.8. The van der Waals surface area contributed by atoms with Gasteiger partial charge in [-0.05, 0) is 30.7 Å². The summed E-state index contributed by atoms with van der Waals surface area (Å²) in [5.74, 6) is 0.511. The molecule has 0 spiro atoms. The van der Waals surface area contributed by atoms with Crippen molar-refractivity contribution < 1.29 is 4.39 Å². The first-order valence-corrected chi connectivity index (χ1v) is 6.60. The fourth-order valence-electron chi connectivity index (χ4n) is 2.39. The molecule has 20 heavy (non-hydrogen) atoms. The van der Waals surface area contributed by atoms with Crippen LogP contribution in [0.2, 0.25) is 0 Å². The monoisotopic (exact) mass is 269 g/mol. The minimum Gasteiger partial charge on any atom is -0.322 e. The second kappa shape index (κ2) is 5.06. The summed E-state index contributed by atoms with van der Waals surface area (Å²) < 4.78 is 15.5. The highest BCUT2D eigenvalue weighted by atomic mass is 19.1. The van der Waals surface area contributed by atoms with Crippen molar-refractivity contribution in [2.75, 3.05) is 0 Å². The maximum absolute atomic E-state index is 13.5. The zero-order chi connectivity index (χ0) is 14.1. The van der Waals surface area contributed by atoms with Crippen molar-refractivity contribution >= 4 is 11.0 Å². The predicted octanol–water partition coefficient (Wildman–Crippen LogP) is 3.24. The van der Waals surface area contributed by atoms with Crippen LogP contribution in [0.3, 0.4) is 0 Å². The van der Waals surface area contributed by atoms with Crippen LogP contribution in [-0.2, 0) is 6.54 Å². The van der Waals surface area contributed by atoms with Gasteiger partial charge in [0.1, 0.15) is 11.6 Å². The normalized spacial score (nSPS) is 12.8. The number of imidazole rings is 1. The van der Waals surface area contributed by atoms with E-state index in [4.69, 9.17) is 5.73 Å². The largest absolute Gasteiger partial charge is 0.322 e. The van der Waals surface area contributed by atoms with Gasteiger partial charge in [0.15, 0.2) is 0 Å². The Labute approximate surface area is 116 Å². The molecule has 0 bridgehead atoms. The molecule has 0 unspecified atom stereocenters. The predicted molar refractivity (Wildman–Crippen MR) is 77.8 cm³/mol. The highest BCUT2D eigenvalue weighted by Crippen LogP contribution is 2.22. The molecular weight excluding hydrogens is 253 g/mol. The molecule has 1 atom stereocenters. The van der Waals surface area contributed by atoms with Crippen LogP contribution in [0, 0.1) is 5.82 Å². The topological polar surface area (TPSA) is 43.8 Å². The van der Waals surface area contributed by atoms with Gasteiger partial charge in [-0.3, -0.25) is 0 Å². The fraction of sp³-hybridized carbons (Fsp3) is 0.188. The quantitative estimate of drug-likeness (QED) is 0.793. The lowest BCUT2D eigenvalue weighted by atomic mass is 10.2. The molecule has 0 amide bonds. The molecule has 3 aromatic rings. The van der Waals surface area contributed by atoms with Gasteiger partial charge < -0.3 is 10.3 Å². The van der Waals surface area contributed by atoms with Crippen molar-refractivity contribution in [2.45, 2.75) is 19.5 Å². The Kier molecular flexibility index (Phi) is 3.24. The van der Waals surface area contributed by atoms with Crippen LogP contribution >= 0.6 is 0 Å². The molecule has 1 aromatic heterocycles.